The molecule has 0 rings (SSSR count). The zero-order chi connectivity index (χ0) is 15.3. The Bertz CT molecular complexity index is 252. The Morgan fingerprint density at radius 3 is 1.75 bits per heavy atom. The van der Waals surface area contributed by atoms with Gasteiger partial charge in [0, 0.05) is 0 Å². The average Bonchev–Trinajstić information content (AvgIpc) is 2.42. The molecule has 0 amide bonds. The van der Waals surface area contributed by atoms with E-state index in [4.69, 9.17) is 9.05 Å². The fourth-order valence-corrected chi connectivity index (χ4v) is 3.78. The van der Waals surface area contributed by atoms with Crippen molar-refractivity contribution in [2.45, 2.75) is 84.5 Å². The van der Waals surface area contributed by atoms with E-state index in [1.807, 2.05) is 0 Å². The smallest absolute Gasteiger partial charge is 0.307 e. The second-order valence-electron chi connectivity index (χ2n) is 5.07. The molecular weight excluding hydrogens is 278 g/mol. The predicted octanol–water partition coefficient (Wildman–Crippen LogP) is 6.08. The van der Waals surface area contributed by atoms with Crippen LogP contribution in [0.2, 0.25) is 0 Å². The van der Waals surface area contributed by atoms with Gasteiger partial charge in [0.15, 0.2) is 0 Å². The van der Waals surface area contributed by atoms with E-state index in [0.29, 0.717) is 0 Å². The van der Waals surface area contributed by atoms with Gasteiger partial charge in [0.25, 0.3) is 0 Å². The van der Waals surface area contributed by atoms with Gasteiger partial charge in [0.05, 0.1) is 13.2 Å². The molecule has 1 atom stereocenters. The first-order chi connectivity index (χ1) is 9.60. The molecule has 0 saturated heterocycles. The fraction of sp³-hybridized carbons (Fsp3) is 1.00. The summed E-state index contributed by atoms with van der Waals surface area (Å²) in [6, 6.07) is 0. The minimum absolute atomic E-state index is 0.217. The van der Waals surface area contributed by atoms with Gasteiger partial charge >= 0.3 is 7.60 Å². The number of hydrogen-bond donors (Lipinski definition) is 0. The average molecular weight is 310 g/mol. The van der Waals surface area contributed by atoms with Crippen LogP contribution < -0.4 is 0 Å². The van der Waals surface area contributed by atoms with Crippen LogP contribution in [-0.2, 0) is 13.6 Å². The third kappa shape index (κ3) is 9.10. The first-order valence-corrected chi connectivity index (χ1v) is 9.74. The van der Waals surface area contributed by atoms with E-state index in [-0.39, 0.29) is 19.6 Å². The molecule has 0 saturated carbocycles. The van der Waals surface area contributed by atoms with Gasteiger partial charge in [-0.3, -0.25) is 4.57 Å². The summed E-state index contributed by atoms with van der Waals surface area (Å²) in [7, 11) is -3.55. The topological polar surface area (TPSA) is 35.5 Å². The molecule has 0 aliphatic rings. The number of hydrogen-bond acceptors (Lipinski definition) is 3. The Morgan fingerprint density at radius 1 is 0.850 bits per heavy atom. The lowest BCUT2D eigenvalue weighted by Gasteiger charge is -2.20. The van der Waals surface area contributed by atoms with Crippen molar-refractivity contribution in [3.63, 3.8) is 0 Å². The largest absolute Gasteiger partial charge is 0.364 e. The van der Waals surface area contributed by atoms with Crippen molar-refractivity contribution in [3.05, 3.63) is 0 Å². The monoisotopic (exact) mass is 310 g/mol. The highest BCUT2D eigenvalue weighted by Crippen LogP contribution is 2.55. The molecule has 0 aromatic carbocycles. The van der Waals surface area contributed by atoms with Crippen LogP contribution in [0.1, 0.15) is 78.6 Å². The van der Waals surface area contributed by atoms with Crippen molar-refractivity contribution in [1.29, 1.82) is 0 Å². The normalized spacial score (nSPS) is 13.6. The molecule has 5 heteroatoms. The third-order valence-electron chi connectivity index (χ3n) is 3.26. The summed E-state index contributed by atoms with van der Waals surface area (Å²) in [5.74, 6) is -1.48. The number of rotatable bonds is 14. The van der Waals surface area contributed by atoms with E-state index >= 15 is 0 Å². The van der Waals surface area contributed by atoms with Crippen molar-refractivity contribution in [3.8, 4) is 0 Å². The molecule has 122 valence electrons. The molecule has 0 heterocycles. The zero-order valence-corrected chi connectivity index (χ0v) is 14.3. The van der Waals surface area contributed by atoms with E-state index in [1.54, 1.807) is 13.8 Å². The van der Waals surface area contributed by atoms with Gasteiger partial charge in [0.1, 0.15) is 0 Å². The van der Waals surface area contributed by atoms with Gasteiger partial charge in [-0.1, -0.05) is 51.9 Å². The lowest BCUT2D eigenvalue weighted by atomic mass is 10.1. The van der Waals surface area contributed by atoms with E-state index in [1.165, 1.54) is 32.1 Å². The molecule has 0 spiro atoms. The Hall–Kier alpha value is 0.0800. The highest BCUT2D eigenvalue weighted by molar-refractivity contribution is 7.54. The molecule has 0 fully saturated rings. The first kappa shape index (κ1) is 20.1. The Labute approximate surface area is 124 Å². The molecule has 0 bridgehead atoms. The van der Waals surface area contributed by atoms with Gasteiger partial charge in [-0.25, -0.2) is 4.39 Å². The van der Waals surface area contributed by atoms with Gasteiger partial charge < -0.3 is 9.05 Å². The second-order valence-corrected chi connectivity index (χ2v) is 7.23. The minimum Gasteiger partial charge on any atom is -0.307 e. The van der Waals surface area contributed by atoms with Crippen LogP contribution in [0.4, 0.5) is 4.39 Å². The summed E-state index contributed by atoms with van der Waals surface area (Å²) in [6.45, 7) is 6.05. The van der Waals surface area contributed by atoms with E-state index in [0.717, 1.165) is 19.3 Å². The van der Waals surface area contributed by atoms with Gasteiger partial charge in [-0.2, -0.15) is 0 Å². The Balaban J connectivity index is 3.74. The maximum Gasteiger partial charge on any atom is 0.364 e. The van der Waals surface area contributed by atoms with Crippen molar-refractivity contribution in [1.82, 2.24) is 0 Å². The number of alkyl halides is 1. The zero-order valence-electron chi connectivity index (χ0n) is 13.4. The summed E-state index contributed by atoms with van der Waals surface area (Å²) in [6.07, 6.45) is 9.48. The molecule has 0 aliphatic heterocycles. The number of unbranched alkanes of at least 4 members (excludes halogenated alkanes) is 7. The fourth-order valence-electron chi connectivity index (χ4n) is 2.16. The summed E-state index contributed by atoms with van der Waals surface area (Å²) in [4.78, 5) is 0. The summed E-state index contributed by atoms with van der Waals surface area (Å²) in [5, 5.41) is 0. The molecule has 0 aliphatic carbocycles. The molecule has 3 nitrogen and oxygen atoms in total. The van der Waals surface area contributed by atoms with E-state index < -0.39 is 13.5 Å². The van der Waals surface area contributed by atoms with Gasteiger partial charge in [0.2, 0.25) is 5.91 Å². The van der Waals surface area contributed by atoms with E-state index in [2.05, 4.69) is 6.92 Å². The van der Waals surface area contributed by atoms with Crippen molar-refractivity contribution >= 4 is 7.60 Å². The molecule has 0 radical (unpaired) electrons. The van der Waals surface area contributed by atoms with Crippen LogP contribution in [0.3, 0.4) is 0 Å². The van der Waals surface area contributed by atoms with Crippen LogP contribution in [-0.4, -0.2) is 19.1 Å². The summed E-state index contributed by atoms with van der Waals surface area (Å²) < 4.78 is 36.1. The predicted molar refractivity (Wildman–Crippen MR) is 83.0 cm³/mol. The van der Waals surface area contributed by atoms with Gasteiger partial charge in [-0.05, 0) is 26.7 Å². The first-order valence-electron chi connectivity index (χ1n) is 8.13. The highest BCUT2D eigenvalue weighted by Gasteiger charge is 2.35. The maximum absolute atomic E-state index is 14.0. The SMILES string of the molecule is CCCCCCCCCCC(F)P(=O)(OCC)OCC. The number of halogens is 1. The molecule has 20 heavy (non-hydrogen) atoms. The lowest BCUT2D eigenvalue weighted by molar-refractivity contribution is 0.185. The van der Waals surface area contributed by atoms with Crippen LogP contribution >= 0.6 is 7.60 Å². The molecular formula is C15H32FO3P. The quantitative estimate of drug-likeness (QED) is 0.288. The minimum atomic E-state index is -3.55. The van der Waals surface area contributed by atoms with Crippen molar-refractivity contribution in [2.75, 3.05) is 13.2 Å². The van der Waals surface area contributed by atoms with Crippen LogP contribution in [0.15, 0.2) is 0 Å². The molecule has 0 aromatic heterocycles. The van der Waals surface area contributed by atoms with Gasteiger partial charge in [-0.15, -0.1) is 0 Å². The summed E-state index contributed by atoms with van der Waals surface area (Å²) in [5.41, 5.74) is 0. The van der Waals surface area contributed by atoms with Crippen LogP contribution in [0.25, 0.3) is 0 Å². The molecule has 1 unspecified atom stereocenters. The van der Waals surface area contributed by atoms with E-state index in [9.17, 15) is 8.96 Å². The molecule has 0 N–H and O–H groups in total. The standard InChI is InChI=1S/C15H32FO3P/c1-4-7-8-9-10-11-12-13-14-15(16)20(17,18-5-2)19-6-3/h15H,4-14H2,1-3H3. The van der Waals surface area contributed by atoms with Crippen LogP contribution in [0, 0.1) is 0 Å². The summed E-state index contributed by atoms with van der Waals surface area (Å²) >= 11 is 0. The van der Waals surface area contributed by atoms with Crippen LogP contribution in [0.5, 0.6) is 0 Å². The van der Waals surface area contributed by atoms with Crippen molar-refractivity contribution in [2.24, 2.45) is 0 Å². The molecule has 0 aromatic rings. The maximum atomic E-state index is 14.0. The lowest BCUT2D eigenvalue weighted by Crippen LogP contribution is -2.08. The Kier molecular flexibility index (Phi) is 12.8. The van der Waals surface area contributed by atoms with Crippen molar-refractivity contribution < 1.29 is 18.0 Å². The second kappa shape index (κ2) is 12.8. The Morgan fingerprint density at radius 2 is 1.30 bits per heavy atom. The third-order valence-corrected chi connectivity index (χ3v) is 5.44. The highest BCUT2D eigenvalue weighted by atomic mass is 31.2.